The SMILES string of the molecule is [2H]C([2H])(O)CS(=O)CCCCCCCC. The Morgan fingerprint density at radius 1 is 1.15 bits per heavy atom. The van der Waals surface area contributed by atoms with E-state index in [0.717, 1.165) is 19.3 Å². The molecule has 3 heteroatoms. The van der Waals surface area contributed by atoms with E-state index in [0.29, 0.717) is 5.75 Å². The van der Waals surface area contributed by atoms with E-state index in [1.54, 1.807) is 0 Å². The van der Waals surface area contributed by atoms with Gasteiger partial charge in [-0.05, 0) is 6.42 Å². The van der Waals surface area contributed by atoms with Crippen molar-refractivity contribution < 1.29 is 12.1 Å². The van der Waals surface area contributed by atoms with Gasteiger partial charge >= 0.3 is 0 Å². The zero-order valence-electron chi connectivity index (χ0n) is 10.4. The second kappa shape index (κ2) is 10.2. The average molecular weight is 208 g/mol. The highest BCUT2D eigenvalue weighted by atomic mass is 32.2. The highest BCUT2D eigenvalue weighted by Crippen LogP contribution is 2.05. The number of hydrogen-bond acceptors (Lipinski definition) is 2. The molecule has 0 bridgehead atoms. The van der Waals surface area contributed by atoms with Crippen LogP contribution in [0.25, 0.3) is 0 Å². The molecule has 0 saturated heterocycles. The lowest BCUT2D eigenvalue weighted by atomic mass is 10.1. The molecule has 0 aliphatic heterocycles. The summed E-state index contributed by atoms with van der Waals surface area (Å²) in [5, 5.41) is 8.80. The van der Waals surface area contributed by atoms with Crippen molar-refractivity contribution in [3.05, 3.63) is 0 Å². The van der Waals surface area contributed by atoms with Crippen LogP contribution in [0.2, 0.25) is 0 Å². The molecular formula is C10H22O2S. The maximum absolute atomic E-state index is 11.3. The summed E-state index contributed by atoms with van der Waals surface area (Å²) in [6.07, 6.45) is 6.78. The summed E-state index contributed by atoms with van der Waals surface area (Å²) in [5.74, 6) is 0.244. The molecule has 0 aromatic heterocycles. The maximum Gasteiger partial charge on any atom is 0.0573 e. The lowest BCUT2D eigenvalue weighted by Gasteiger charge is -2.00. The van der Waals surface area contributed by atoms with Crippen molar-refractivity contribution in [1.29, 1.82) is 0 Å². The fourth-order valence-electron chi connectivity index (χ4n) is 1.19. The molecule has 0 aliphatic carbocycles. The Labute approximate surface area is 87.0 Å². The van der Waals surface area contributed by atoms with Gasteiger partial charge in [-0.25, -0.2) is 0 Å². The van der Waals surface area contributed by atoms with E-state index >= 15 is 0 Å². The zero-order chi connectivity index (χ0) is 11.7. The molecule has 1 unspecified atom stereocenters. The van der Waals surface area contributed by atoms with Gasteiger partial charge in [-0.2, -0.15) is 0 Å². The molecule has 1 N–H and O–H groups in total. The smallest absolute Gasteiger partial charge is 0.0573 e. The van der Waals surface area contributed by atoms with Gasteiger partial charge in [0.2, 0.25) is 0 Å². The van der Waals surface area contributed by atoms with Gasteiger partial charge < -0.3 is 5.11 Å². The first-order valence-corrected chi connectivity index (χ1v) is 6.52. The largest absolute Gasteiger partial charge is 0.395 e. The summed E-state index contributed by atoms with van der Waals surface area (Å²) in [7, 11) is -1.22. The Morgan fingerprint density at radius 3 is 2.38 bits per heavy atom. The molecule has 13 heavy (non-hydrogen) atoms. The molecule has 0 heterocycles. The summed E-state index contributed by atoms with van der Waals surface area (Å²) in [5.41, 5.74) is 0. The van der Waals surface area contributed by atoms with Gasteiger partial charge in [-0.3, -0.25) is 4.21 Å². The summed E-state index contributed by atoms with van der Waals surface area (Å²) in [4.78, 5) is 0. The molecule has 0 rings (SSSR count). The van der Waals surface area contributed by atoms with Crippen LogP contribution in [-0.4, -0.2) is 27.4 Å². The summed E-state index contributed by atoms with van der Waals surface area (Å²) in [6, 6.07) is 0. The van der Waals surface area contributed by atoms with Crippen molar-refractivity contribution in [2.75, 3.05) is 18.1 Å². The third-order valence-electron chi connectivity index (χ3n) is 1.95. The minimum atomic E-state index is -2.28. The van der Waals surface area contributed by atoms with Gasteiger partial charge in [0.25, 0.3) is 0 Å². The van der Waals surface area contributed by atoms with Crippen LogP contribution < -0.4 is 0 Å². The predicted molar refractivity (Wildman–Crippen MR) is 58.3 cm³/mol. The van der Waals surface area contributed by atoms with E-state index in [1.165, 1.54) is 19.3 Å². The Hall–Kier alpha value is 0.110. The van der Waals surface area contributed by atoms with Crippen molar-refractivity contribution in [3.8, 4) is 0 Å². The average Bonchev–Trinajstić information content (AvgIpc) is 2.08. The van der Waals surface area contributed by atoms with Crippen molar-refractivity contribution in [3.63, 3.8) is 0 Å². The van der Waals surface area contributed by atoms with Crippen LogP contribution in [0, 0.1) is 0 Å². The Kier molecular flexibility index (Phi) is 7.57. The summed E-state index contributed by atoms with van der Waals surface area (Å²) < 4.78 is 25.0. The number of rotatable bonds is 9. The topological polar surface area (TPSA) is 37.3 Å². The van der Waals surface area contributed by atoms with Crippen molar-refractivity contribution in [1.82, 2.24) is 0 Å². The molecule has 0 radical (unpaired) electrons. The monoisotopic (exact) mass is 208 g/mol. The van der Waals surface area contributed by atoms with Crippen LogP contribution in [0.4, 0.5) is 0 Å². The first kappa shape index (κ1) is 9.66. The van der Waals surface area contributed by atoms with Gasteiger partial charge in [0.15, 0.2) is 0 Å². The normalized spacial score (nSPS) is 16.5. The van der Waals surface area contributed by atoms with Crippen LogP contribution in [0.3, 0.4) is 0 Å². The first-order valence-electron chi connectivity index (χ1n) is 6.03. The molecule has 0 aromatic rings. The van der Waals surface area contributed by atoms with Crippen LogP contribution >= 0.6 is 0 Å². The predicted octanol–water partition coefficient (Wildman–Crippen LogP) is 2.09. The maximum atomic E-state index is 11.3. The van der Waals surface area contributed by atoms with Gasteiger partial charge in [-0.1, -0.05) is 39.0 Å². The lowest BCUT2D eigenvalue weighted by molar-refractivity contribution is 0.321. The van der Waals surface area contributed by atoms with Gasteiger partial charge in [0.05, 0.1) is 9.30 Å². The molecule has 0 aromatic carbocycles. The number of hydrogen-bond donors (Lipinski definition) is 1. The quantitative estimate of drug-likeness (QED) is 0.589. The van der Waals surface area contributed by atoms with Gasteiger partial charge in [0.1, 0.15) is 0 Å². The van der Waals surface area contributed by atoms with E-state index in [-0.39, 0.29) is 5.75 Å². The minimum Gasteiger partial charge on any atom is -0.395 e. The van der Waals surface area contributed by atoms with E-state index in [9.17, 15) is 4.21 Å². The Bertz CT molecular complexity index is 181. The molecule has 0 spiro atoms. The Morgan fingerprint density at radius 2 is 1.77 bits per heavy atom. The Balaban J connectivity index is 3.32. The molecule has 80 valence electrons. The van der Waals surface area contributed by atoms with Gasteiger partial charge in [-0.15, -0.1) is 0 Å². The van der Waals surface area contributed by atoms with Crippen molar-refractivity contribution in [2.24, 2.45) is 0 Å². The van der Waals surface area contributed by atoms with Crippen molar-refractivity contribution in [2.45, 2.75) is 45.4 Å². The standard InChI is InChI=1S/C10H22O2S/c1-2-3-4-5-6-7-9-13(12)10-8-11/h11H,2-10H2,1H3/i8D2. The first-order chi connectivity index (χ1) is 6.95. The highest BCUT2D eigenvalue weighted by Gasteiger charge is 1.97. The molecule has 0 saturated carbocycles. The van der Waals surface area contributed by atoms with Crippen LogP contribution in [0.5, 0.6) is 0 Å². The van der Waals surface area contributed by atoms with E-state index in [1.807, 2.05) is 0 Å². The van der Waals surface area contributed by atoms with E-state index in [4.69, 9.17) is 7.85 Å². The number of unbranched alkanes of at least 4 members (excludes halogenated alkanes) is 5. The van der Waals surface area contributed by atoms with Crippen LogP contribution in [0.1, 0.15) is 48.2 Å². The summed E-state index contributed by atoms with van der Waals surface area (Å²) in [6.45, 7) is -0.120. The third-order valence-corrected chi connectivity index (χ3v) is 3.15. The van der Waals surface area contributed by atoms with E-state index < -0.39 is 17.4 Å². The van der Waals surface area contributed by atoms with E-state index in [2.05, 4.69) is 6.92 Å². The van der Waals surface area contributed by atoms with Crippen LogP contribution in [-0.2, 0) is 10.8 Å². The fraction of sp³-hybridized carbons (Fsp3) is 1.00. The lowest BCUT2D eigenvalue weighted by Crippen LogP contribution is -2.05. The van der Waals surface area contributed by atoms with Crippen molar-refractivity contribution >= 4 is 10.8 Å². The second-order valence-corrected chi connectivity index (χ2v) is 4.79. The van der Waals surface area contributed by atoms with Gasteiger partial charge in [0, 0.05) is 22.3 Å². The summed E-state index contributed by atoms with van der Waals surface area (Å²) >= 11 is 0. The number of aliphatic hydroxyl groups is 1. The zero-order valence-corrected chi connectivity index (χ0v) is 9.24. The highest BCUT2D eigenvalue weighted by molar-refractivity contribution is 7.84. The fourth-order valence-corrected chi connectivity index (χ4v) is 2.00. The molecular weight excluding hydrogens is 184 g/mol. The second-order valence-electron chi connectivity index (χ2n) is 3.21. The molecule has 2 nitrogen and oxygen atoms in total. The van der Waals surface area contributed by atoms with Crippen LogP contribution in [0.15, 0.2) is 0 Å². The minimum absolute atomic E-state index is 0.262. The third kappa shape index (κ3) is 10.0. The molecule has 0 amide bonds. The molecule has 0 fully saturated rings. The molecule has 1 atom stereocenters. The molecule has 0 aliphatic rings.